The van der Waals surface area contributed by atoms with E-state index < -0.39 is 52.4 Å². The monoisotopic (exact) mass is 516 g/mol. The van der Waals surface area contributed by atoms with E-state index in [1.165, 1.54) is 12.1 Å². The maximum atomic E-state index is 13.1. The number of halogens is 3. The molecule has 2 heterocycles. The Balaban J connectivity index is 1.73. The largest absolute Gasteiger partial charge is 0.424 e. The Labute approximate surface area is 191 Å². The minimum atomic E-state index is -4.88. The Kier molecular flexibility index (Phi) is 7.00. The molecule has 3 aromatic rings. The van der Waals surface area contributed by atoms with Crippen LogP contribution in [0.15, 0.2) is 52.9 Å². The maximum absolute atomic E-state index is 13.1. The number of benzene rings is 1. The molecule has 0 bridgehead atoms. The molecule has 13 heteroatoms. The van der Waals surface area contributed by atoms with E-state index in [9.17, 15) is 31.0 Å². The second-order valence-electron chi connectivity index (χ2n) is 6.90. The van der Waals surface area contributed by atoms with Crippen molar-refractivity contribution in [1.82, 2.24) is 4.98 Å². The third-order valence-corrected chi connectivity index (χ3v) is 9.41. The molecule has 0 fully saturated rings. The van der Waals surface area contributed by atoms with Crippen LogP contribution >= 0.6 is 18.9 Å². The first-order valence-corrected chi connectivity index (χ1v) is 13.4. The van der Waals surface area contributed by atoms with Crippen LogP contribution in [0.5, 0.6) is 5.75 Å². The summed E-state index contributed by atoms with van der Waals surface area (Å²) in [5, 5.41) is 8.81. The van der Waals surface area contributed by atoms with E-state index in [0.717, 1.165) is 29.2 Å². The van der Waals surface area contributed by atoms with Crippen LogP contribution in [0.4, 0.5) is 13.2 Å². The van der Waals surface area contributed by atoms with Gasteiger partial charge in [-0.2, -0.15) is 18.4 Å². The van der Waals surface area contributed by atoms with E-state index in [2.05, 4.69) is 4.98 Å². The lowest BCUT2D eigenvalue weighted by Gasteiger charge is -2.15. The summed E-state index contributed by atoms with van der Waals surface area (Å²) >= 11 is 0.966. The predicted molar refractivity (Wildman–Crippen MR) is 116 cm³/mol. The van der Waals surface area contributed by atoms with E-state index >= 15 is 0 Å². The molecule has 7 nitrogen and oxygen atoms in total. The van der Waals surface area contributed by atoms with Gasteiger partial charge >= 0.3 is 13.8 Å². The molecule has 0 amide bonds. The predicted octanol–water partition coefficient (Wildman–Crippen LogP) is 5.05. The molecule has 1 unspecified atom stereocenters. The van der Waals surface area contributed by atoms with Crippen molar-refractivity contribution in [3.8, 4) is 22.3 Å². The van der Waals surface area contributed by atoms with Crippen molar-refractivity contribution in [2.75, 3.05) is 11.9 Å². The van der Waals surface area contributed by atoms with Gasteiger partial charge in [-0.05, 0) is 43.3 Å². The zero-order chi connectivity index (χ0) is 24.4. The molecule has 1 atom stereocenters. The fourth-order valence-electron chi connectivity index (χ4n) is 2.71. The van der Waals surface area contributed by atoms with Gasteiger partial charge in [-0.3, -0.25) is 4.98 Å². The number of pyridine rings is 1. The SMILES string of the molecule is Cc1ccc(-c2ccc(S(=O)(=O)CCP(=O)(O)Oc3ccc(C#N)c(C(F)(F)F)c3)s2)cn1. The average molecular weight is 516 g/mol. The van der Waals surface area contributed by atoms with E-state index in [4.69, 9.17) is 9.79 Å². The van der Waals surface area contributed by atoms with E-state index in [1.54, 1.807) is 24.4 Å². The van der Waals surface area contributed by atoms with Gasteiger partial charge in [0.1, 0.15) is 9.96 Å². The molecule has 174 valence electrons. The van der Waals surface area contributed by atoms with E-state index in [1.807, 2.05) is 6.92 Å². The number of aromatic nitrogens is 1. The first-order chi connectivity index (χ1) is 15.3. The Bertz CT molecular complexity index is 1360. The second-order valence-corrected chi connectivity index (χ2v) is 12.2. The van der Waals surface area contributed by atoms with Crippen LogP contribution in [0.25, 0.3) is 10.4 Å². The molecule has 0 aliphatic rings. The quantitative estimate of drug-likeness (QED) is 0.437. The fourth-order valence-corrected chi connectivity index (χ4v) is 7.36. The number of hydrogen-bond donors (Lipinski definition) is 1. The Hall–Kier alpha value is -2.71. The number of sulfone groups is 1. The highest BCUT2D eigenvalue weighted by molar-refractivity contribution is 7.93. The van der Waals surface area contributed by atoms with Gasteiger partial charge in [-0.15, -0.1) is 11.3 Å². The van der Waals surface area contributed by atoms with Gasteiger partial charge < -0.3 is 9.42 Å². The van der Waals surface area contributed by atoms with Crippen LogP contribution in [0.1, 0.15) is 16.8 Å². The first kappa shape index (κ1) is 24.9. The van der Waals surface area contributed by atoms with E-state index in [0.29, 0.717) is 16.5 Å². The van der Waals surface area contributed by atoms with Crippen molar-refractivity contribution in [2.45, 2.75) is 17.3 Å². The minimum Gasteiger partial charge on any atom is -0.424 e. The maximum Gasteiger partial charge on any atom is 0.417 e. The molecular formula is C20H16F3N2O5PS2. The summed E-state index contributed by atoms with van der Waals surface area (Å²) in [7, 11) is -8.58. The molecule has 0 saturated carbocycles. The zero-order valence-electron chi connectivity index (χ0n) is 16.9. The van der Waals surface area contributed by atoms with Gasteiger partial charge in [0, 0.05) is 22.3 Å². The van der Waals surface area contributed by atoms with Crippen molar-refractivity contribution in [2.24, 2.45) is 0 Å². The van der Waals surface area contributed by atoms with Gasteiger partial charge in [0.2, 0.25) is 0 Å². The van der Waals surface area contributed by atoms with Crippen molar-refractivity contribution in [3.05, 3.63) is 65.5 Å². The standard InChI is InChI=1S/C20H16F3N2O5PS2/c1-13-2-3-15(12-25-13)18-6-7-19(32-18)33(28,29)9-8-31(26,27)30-16-5-4-14(11-24)17(10-16)20(21,22)23/h2-7,10,12H,8-9H2,1H3,(H,26,27). The highest BCUT2D eigenvalue weighted by Gasteiger charge is 2.35. The molecule has 2 aromatic heterocycles. The summed E-state index contributed by atoms with van der Waals surface area (Å²) in [6, 6.07) is 10.1. The van der Waals surface area contributed by atoms with Crippen LogP contribution in [0.3, 0.4) is 0 Å². The topological polar surface area (TPSA) is 117 Å². The summed E-state index contributed by atoms with van der Waals surface area (Å²) in [4.78, 5) is 14.8. The number of nitriles is 1. The van der Waals surface area contributed by atoms with Crippen LogP contribution in [0, 0.1) is 18.3 Å². The number of rotatable bonds is 7. The lowest BCUT2D eigenvalue weighted by Crippen LogP contribution is -2.12. The Morgan fingerprint density at radius 2 is 1.94 bits per heavy atom. The average Bonchev–Trinajstić information content (AvgIpc) is 3.23. The molecular weight excluding hydrogens is 500 g/mol. The lowest BCUT2D eigenvalue weighted by atomic mass is 10.1. The van der Waals surface area contributed by atoms with Crippen molar-refractivity contribution in [1.29, 1.82) is 5.26 Å². The summed E-state index contributed by atoms with van der Waals surface area (Å²) in [6.07, 6.45) is -4.12. The Morgan fingerprint density at radius 1 is 1.21 bits per heavy atom. The molecule has 0 aliphatic heterocycles. The van der Waals surface area contributed by atoms with Gasteiger partial charge in [-0.1, -0.05) is 6.07 Å². The Morgan fingerprint density at radius 3 is 2.55 bits per heavy atom. The highest BCUT2D eigenvalue weighted by atomic mass is 32.2. The highest BCUT2D eigenvalue weighted by Crippen LogP contribution is 2.45. The molecule has 1 aromatic carbocycles. The van der Waals surface area contributed by atoms with Gasteiger partial charge in [0.05, 0.1) is 29.1 Å². The smallest absolute Gasteiger partial charge is 0.417 e. The summed E-state index contributed by atoms with van der Waals surface area (Å²) in [6.45, 7) is 1.81. The number of hydrogen-bond acceptors (Lipinski definition) is 7. The van der Waals surface area contributed by atoms with Crippen LogP contribution in [0.2, 0.25) is 0 Å². The molecule has 0 aliphatic carbocycles. The number of aryl methyl sites for hydroxylation is 1. The minimum absolute atomic E-state index is 0.0317. The third-order valence-electron chi connectivity index (χ3n) is 4.39. The zero-order valence-corrected chi connectivity index (χ0v) is 19.4. The lowest BCUT2D eigenvalue weighted by molar-refractivity contribution is -0.137. The van der Waals surface area contributed by atoms with Crippen LogP contribution in [-0.2, 0) is 20.6 Å². The van der Waals surface area contributed by atoms with Crippen molar-refractivity contribution >= 4 is 28.8 Å². The van der Waals surface area contributed by atoms with Gasteiger partial charge in [-0.25, -0.2) is 13.0 Å². The van der Waals surface area contributed by atoms with Crippen molar-refractivity contribution < 1.29 is 35.6 Å². The second kappa shape index (κ2) is 9.27. The van der Waals surface area contributed by atoms with Crippen molar-refractivity contribution in [3.63, 3.8) is 0 Å². The summed E-state index contributed by atoms with van der Waals surface area (Å²) < 4.78 is 81.5. The van der Waals surface area contributed by atoms with Crippen LogP contribution in [-0.4, -0.2) is 30.2 Å². The fraction of sp³-hybridized carbons (Fsp3) is 0.200. The molecule has 3 rings (SSSR count). The molecule has 33 heavy (non-hydrogen) atoms. The van der Waals surface area contributed by atoms with E-state index in [-0.39, 0.29) is 4.21 Å². The first-order valence-electron chi connectivity index (χ1n) is 9.19. The van der Waals surface area contributed by atoms with Gasteiger partial charge in [0.15, 0.2) is 9.84 Å². The number of thiophene rings is 1. The van der Waals surface area contributed by atoms with Gasteiger partial charge in [0.25, 0.3) is 0 Å². The normalized spacial score (nSPS) is 13.8. The number of alkyl halides is 3. The summed E-state index contributed by atoms with van der Waals surface area (Å²) in [5.74, 6) is -1.36. The molecule has 1 N–H and O–H groups in total. The molecule has 0 radical (unpaired) electrons. The third kappa shape index (κ3) is 6.21. The van der Waals surface area contributed by atoms with Crippen LogP contribution < -0.4 is 4.52 Å². The number of nitrogens with zero attached hydrogens (tertiary/aromatic N) is 2. The molecule has 0 saturated heterocycles. The summed E-state index contributed by atoms with van der Waals surface area (Å²) in [5.41, 5.74) is -0.495. The molecule has 0 spiro atoms.